The Morgan fingerprint density at radius 3 is 2.60 bits per heavy atom. The van der Waals surface area contributed by atoms with E-state index in [0.29, 0.717) is 18.7 Å². The fourth-order valence-corrected chi connectivity index (χ4v) is 5.14. The van der Waals surface area contributed by atoms with Gasteiger partial charge >= 0.3 is 0 Å². The highest BCUT2D eigenvalue weighted by Crippen LogP contribution is 2.24. The van der Waals surface area contributed by atoms with E-state index < -0.39 is 10.0 Å². The Labute approximate surface area is 189 Å². The first-order chi connectivity index (χ1) is 14.2. The van der Waals surface area contributed by atoms with Crippen LogP contribution in [0.5, 0.6) is 0 Å². The monoisotopic (exact) mass is 468 g/mol. The zero-order chi connectivity index (χ0) is 22.1. The van der Waals surface area contributed by atoms with Crippen LogP contribution in [0.25, 0.3) is 0 Å². The molecule has 0 bridgehead atoms. The van der Waals surface area contributed by atoms with Gasteiger partial charge in [-0.25, -0.2) is 8.42 Å². The van der Waals surface area contributed by atoms with Crippen molar-refractivity contribution in [1.29, 1.82) is 0 Å². The summed E-state index contributed by atoms with van der Waals surface area (Å²) in [5.74, 6) is 1.52. The van der Waals surface area contributed by atoms with Gasteiger partial charge in [-0.05, 0) is 49.1 Å². The summed E-state index contributed by atoms with van der Waals surface area (Å²) in [5.41, 5.74) is 3.65. The molecular weight excluding hydrogens is 440 g/mol. The lowest BCUT2D eigenvalue weighted by molar-refractivity contribution is -0.121. The molecule has 0 aliphatic heterocycles. The van der Waals surface area contributed by atoms with E-state index in [0.717, 1.165) is 33.2 Å². The van der Waals surface area contributed by atoms with Gasteiger partial charge in [-0.15, -0.1) is 0 Å². The van der Waals surface area contributed by atoms with Crippen molar-refractivity contribution in [3.05, 3.63) is 64.2 Å². The second kappa shape index (κ2) is 11.6. The number of hydrogen-bond donors (Lipinski definition) is 1. The van der Waals surface area contributed by atoms with Gasteiger partial charge in [-0.3, -0.25) is 9.10 Å². The Kier molecular flexibility index (Phi) is 9.52. The van der Waals surface area contributed by atoms with Gasteiger partial charge in [-0.2, -0.15) is 11.8 Å². The zero-order valence-corrected chi connectivity index (χ0v) is 20.0. The van der Waals surface area contributed by atoms with Crippen molar-refractivity contribution in [1.82, 2.24) is 5.32 Å². The van der Waals surface area contributed by atoms with Crippen LogP contribution in [0.4, 0.5) is 5.69 Å². The second-order valence-corrected chi connectivity index (χ2v) is 10.6. The molecule has 8 heteroatoms. The molecule has 0 radical (unpaired) electrons. The van der Waals surface area contributed by atoms with E-state index in [4.69, 9.17) is 11.6 Å². The molecule has 0 heterocycles. The predicted molar refractivity (Wildman–Crippen MR) is 128 cm³/mol. The minimum atomic E-state index is -3.42. The highest BCUT2D eigenvalue weighted by atomic mass is 35.5. The highest BCUT2D eigenvalue weighted by molar-refractivity contribution is 7.98. The third kappa shape index (κ3) is 7.85. The Morgan fingerprint density at radius 1 is 1.17 bits per heavy atom. The van der Waals surface area contributed by atoms with Gasteiger partial charge in [0.05, 0.1) is 11.9 Å². The van der Waals surface area contributed by atoms with Gasteiger partial charge in [0.25, 0.3) is 0 Å². The minimum Gasteiger partial charge on any atom is -0.355 e. The molecule has 0 aromatic heterocycles. The summed E-state index contributed by atoms with van der Waals surface area (Å²) in [4.78, 5) is 12.1. The molecule has 0 aliphatic carbocycles. The van der Waals surface area contributed by atoms with Crippen molar-refractivity contribution in [2.24, 2.45) is 0 Å². The molecule has 0 atom stereocenters. The van der Waals surface area contributed by atoms with Crippen molar-refractivity contribution in [2.75, 3.05) is 29.4 Å². The maximum Gasteiger partial charge on any atom is 0.232 e. The molecular formula is C22H29ClN2O3S2. The van der Waals surface area contributed by atoms with Gasteiger partial charge in [0.15, 0.2) is 0 Å². The number of nitrogens with one attached hydrogen (secondary N) is 1. The standard InChI is InChI=1S/C22H29ClN2O3S2/c1-17-10-11-18(2)21(15-17)25(30(3,27)28)13-6-9-22(26)24-12-14-29-16-19-7-4-5-8-20(19)23/h4-5,7-8,10-11,15H,6,9,12-14,16H2,1-3H3,(H,24,26). The average Bonchev–Trinajstić information content (AvgIpc) is 2.67. The van der Waals surface area contributed by atoms with Crippen LogP contribution in [-0.4, -0.2) is 39.4 Å². The molecule has 0 spiro atoms. The number of nitrogens with zero attached hydrogens (tertiary/aromatic N) is 1. The molecule has 1 amide bonds. The van der Waals surface area contributed by atoms with Gasteiger partial charge < -0.3 is 5.32 Å². The third-order valence-corrected chi connectivity index (χ3v) is 7.14. The molecule has 2 aromatic carbocycles. The van der Waals surface area contributed by atoms with Crippen molar-refractivity contribution < 1.29 is 13.2 Å². The lowest BCUT2D eigenvalue weighted by Gasteiger charge is -2.24. The van der Waals surface area contributed by atoms with Gasteiger partial charge in [-0.1, -0.05) is 41.9 Å². The van der Waals surface area contributed by atoms with Crippen molar-refractivity contribution in [3.63, 3.8) is 0 Å². The molecule has 2 rings (SSSR count). The molecule has 0 saturated heterocycles. The molecule has 164 valence electrons. The number of aryl methyl sites for hydroxylation is 2. The minimum absolute atomic E-state index is 0.0669. The number of anilines is 1. The topological polar surface area (TPSA) is 66.5 Å². The largest absolute Gasteiger partial charge is 0.355 e. The molecule has 0 fully saturated rings. The first-order valence-corrected chi connectivity index (χ1v) is 13.2. The van der Waals surface area contributed by atoms with E-state index in [2.05, 4.69) is 5.32 Å². The number of carbonyl (C=O) groups excluding carboxylic acids is 1. The summed E-state index contributed by atoms with van der Waals surface area (Å²) in [6, 6.07) is 13.5. The lowest BCUT2D eigenvalue weighted by atomic mass is 10.1. The fraction of sp³-hybridized carbons (Fsp3) is 0.409. The number of carbonyl (C=O) groups is 1. The van der Waals surface area contributed by atoms with Crippen LogP contribution in [0.2, 0.25) is 5.02 Å². The van der Waals surface area contributed by atoms with Crippen molar-refractivity contribution in [3.8, 4) is 0 Å². The Bertz CT molecular complexity index is 965. The van der Waals surface area contributed by atoms with Crippen LogP contribution in [0.1, 0.15) is 29.5 Å². The van der Waals surface area contributed by atoms with Crippen molar-refractivity contribution >= 4 is 45.0 Å². The maximum atomic E-state index is 12.3. The Hall–Kier alpha value is -1.70. The number of sulfonamides is 1. The van der Waals surface area contributed by atoms with Crippen LogP contribution in [0.15, 0.2) is 42.5 Å². The summed E-state index contributed by atoms with van der Waals surface area (Å²) in [7, 11) is -3.42. The highest BCUT2D eigenvalue weighted by Gasteiger charge is 2.19. The number of hydrogen-bond acceptors (Lipinski definition) is 4. The Morgan fingerprint density at radius 2 is 1.90 bits per heavy atom. The number of amides is 1. The van der Waals surface area contributed by atoms with Crippen LogP contribution >= 0.6 is 23.4 Å². The predicted octanol–water partition coefficient (Wildman–Crippen LogP) is 4.55. The summed E-state index contributed by atoms with van der Waals surface area (Å²) >= 11 is 7.84. The fourth-order valence-electron chi connectivity index (χ4n) is 2.98. The molecule has 0 aliphatic rings. The van der Waals surface area contributed by atoms with Crippen molar-refractivity contribution in [2.45, 2.75) is 32.4 Å². The summed E-state index contributed by atoms with van der Waals surface area (Å²) in [6.07, 6.45) is 1.94. The van der Waals surface area contributed by atoms with Crippen LogP contribution in [0.3, 0.4) is 0 Å². The quantitative estimate of drug-likeness (QED) is 0.491. The molecule has 2 aromatic rings. The zero-order valence-electron chi connectivity index (χ0n) is 17.7. The normalized spacial score (nSPS) is 11.3. The van der Waals surface area contributed by atoms with E-state index in [9.17, 15) is 13.2 Å². The second-order valence-electron chi connectivity index (χ2n) is 7.22. The molecule has 5 nitrogen and oxygen atoms in total. The first kappa shape index (κ1) is 24.6. The molecule has 30 heavy (non-hydrogen) atoms. The maximum absolute atomic E-state index is 12.3. The smallest absolute Gasteiger partial charge is 0.232 e. The molecule has 0 saturated carbocycles. The number of rotatable bonds is 11. The van der Waals surface area contributed by atoms with Gasteiger partial charge in [0, 0.05) is 36.0 Å². The number of thioether (sulfide) groups is 1. The van der Waals surface area contributed by atoms with E-state index in [1.807, 2.05) is 56.3 Å². The van der Waals surface area contributed by atoms with E-state index in [1.54, 1.807) is 11.8 Å². The van der Waals surface area contributed by atoms with Gasteiger partial charge in [0.2, 0.25) is 15.9 Å². The average molecular weight is 469 g/mol. The summed E-state index contributed by atoms with van der Waals surface area (Å²) < 4.78 is 25.9. The molecule has 1 N–H and O–H groups in total. The number of halogens is 1. The van der Waals surface area contributed by atoms with Crippen LogP contribution in [0, 0.1) is 13.8 Å². The van der Waals surface area contributed by atoms with Crippen LogP contribution in [-0.2, 0) is 20.6 Å². The van der Waals surface area contributed by atoms with E-state index in [-0.39, 0.29) is 18.9 Å². The van der Waals surface area contributed by atoms with E-state index in [1.165, 1.54) is 10.6 Å². The molecule has 0 unspecified atom stereocenters. The summed E-state index contributed by atoms with van der Waals surface area (Å²) in [6.45, 7) is 4.67. The Balaban J connectivity index is 1.75. The van der Waals surface area contributed by atoms with Crippen LogP contribution < -0.4 is 9.62 Å². The lowest BCUT2D eigenvalue weighted by Crippen LogP contribution is -2.33. The van der Waals surface area contributed by atoms with Gasteiger partial charge in [0.1, 0.15) is 0 Å². The summed E-state index contributed by atoms with van der Waals surface area (Å²) in [5, 5.41) is 3.65. The SMILES string of the molecule is Cc1ccc(C)c(N(CCCC(=O)NCCSCc2ccccc2Cl)S(C)(=O)=O)c1. The van der Waals surface area contributed by atoms with E-state index >= 15 is 0 Å². The first-order valence-electron chi connectivity index (χ1n) is 9.81. The third-order valence-electron chi connectivity index (χ3n) is 4.58. The number of benzene rings is 2.